The zero-order valence-corrected chi connectivity index (χ0v) is 8.62. The van der Waals surface area contributed by atoms with Gasteiger partial charge in [-0.2, -0.15) is 13.2 Å². The van der Waals surface area contributed by atoms with Crippen molar-refractivity contribution in [1.29, 1.82) is 0 Å². The van der Waals surface area contributed by atoms with Crippen molar-refractivity contribution in [2.45, 2.75) is 32.5 Å². The molecular formula is C8H15ClF3N. The number of nitrogens with zero attached hydrogens (tertiary/aromatic N) is 1. The zero-order valence-electron chi connectivity index (χ0n) is 7.86. The molecule has 13 heavy (non-hydrogen) atoms. The number of alkyl halides is 4. The molecule has 0 amide bonds. The Morgan fingerprint density at radius 1 is 1.38 bits per heavy atom. The van der Waals surface area contributed by atoms with Gasteiger partial charge >= 0.3 is 6.18 Å². The van der Waals surface area contributed by atoms with Gasteiger partial charge in [-0.05, 0) is 13.3 Å². The predicted molar refractivity (Wildman–Crippen MR) is 48.1 cm³/mol. The minimum absolute atomic E-state index is 0.0691. The van der Waals surface area contributed by atoms with Crippen LogP contribution < -0.4 is 0 Å². The molecule has 80 valence electrons. The Balaban J connectivity index is 4.09. The molecule has 1 atom stereocenters. The van der Waals surface area contributed by atoms with E-state index in [-0.39, 0.29) is 18.5 Å². The predicted octanol–water partition coefficient (Wildman–Crippen LogP) is 2.89. The summed E-state index contributed by atoms with van der Waals surface area (Å²) < 4.78 is 36.1. The molecule has 1 unspecified atom stereocenters. The van der Waals surface area contributed by atoms with E-state index in [9.17, 15) is 13.2 Å². The molecule has 0 saturated carbocycles. The van der Waals surface area contributed by atoms with Crippen LogP contribution in [0.15, 0.2) is 0 Å². The SMILES string of the molecule is CCC(C)N(CCCl)CC(F)(F)F. The molecule has 0 aromatic rings. The summed E-state index contributed by atoms with van der Waals surface area (Å²) in [5.74, 6) is 0.237. The Hall–Kier alpha value is 0.0400. The molecule has 0 heterocycles. The summed E-state index contributed by atoms with van der Waals surface area (Å²) in [5.41, 5.74) is 0. The van der Waals surface area contributed by atoms with Crippen LogP contribution in [0.3, 0.4) is 0 Å². The van der Waals surface area contributed by atoms with E-state index in [0.29, 0.717) is 6.42 Å². The quantitative estimate of drug-likeness (QED) is 0.640. The molecule has 0 bridgehead atoms. The maximum Gasteiger partial charge on any atom is 0.401 e. The van der Waals surface area contributed by atoms with Gasteiger partial charge in [-0.1, -0.05) is 6.92 Å². The van der Waals surface area contributed by atoms with E-state index in [1.807, 2.05) is 6.92 Å². The van der Waals surface area contributed by atoms with Crippen LogP contribution in [0, 0.1) is 0 Å². The molecule has 0 rings (SSSR count). The highest BCUT2D eigenvalue weighted by Crippen LogP contribution is 2.18. The van der Waals surface area contributed by atoms with Crippen LogP contribution in [-0.2, 0) is 0 Å². The van der Waals surface area contributed by atoms with Crippen molar-refractivity contribution >= 4 is 11.6 Å². The molecule has 0 radical (unpaired) electrons. The van der Waals surface area contributed by atoms with Crippen LogP contribution >= 0.6 is 11.6 Å². The van der Waals surface area contributed by atoms with Crippen LogP contribution in [0.25, 0.3) is 0 Å². The lowest BCUT2D eigenvalue weighted by atomic mass is 10.2. The second kappa shape index (κ2) is 5.70. The number of hydrogen-bond donors (Lipinski definition) is 0. The lowest BCUT2D eigenvalue weighted by molar-refractivity contribution is -0.149. The van der Waals surface area contributed by atoms with Gasteiger partial charge in [0, 0.05) is 18.5 Å². The smallest absolute Gasteiger partial charge is 0.291 e. The van der Waals surface area contributed by atoms with Crippen molar-refractivity contribution in [3.8, 4) is 0 Å². The van der Waals surface area contributed by atoms with Gasteiger partial charge in [0.2, 0.25) is 0 Å². The van der Waals surface area contributed by atoms with Gasteiger partial charge in [-0.3, -0.25) is 4.90 Å². The van der Waals surface area contributed by atoms with Crippen molar-refractivity contribution in [3.63, 3.8) is 0 Å². The highest BCUT2D eigenvalue weighted by Gasteiger charge is 2.31. The van der Waals surface area contributed by atoms with E-state index >= 15 is 0 Å². The second-order valence-electron chi connectivity index (χ2n) is 3.03. The van der Waals surface area contributed by atoms with Gasteiger partial charge in [0.1, 0.15) is 0 Å². The third kappa shape index (κ3) is 6.16. The molecule has 0 N–H and O–H groups in total. The van der Waals surface area contributed by atoms with Gasteiger partial charge in [0.15, 0.2) is 0 Å². The first-order valence-electron chi connectivity index (χ1n) is 4.27. The van der Waals surface area contributed by atoms with Gasteiger partial charge < -0.3 is 0 Å². The van der Waals surface area contributed by atoms with Crippen molar-refractivity contribution in [3.05, 3.63) is 0 Å². The number of rotatable bonds is 5. The lowest BCUT2D eigenvalue weighted by Gasteiger charge is -2.28. The highest BCUT2D eigenvalue weighted by molar-refractivity contribution is 6.18. The second-order valence-corrected chi connectivity index (χ2v) is 3.41. The van der Waals surface area contributed by atoms with Crippen molar-refractivity contribution in [2.24, 2.45) is 0 Å². The molecule has 0 aliphatic rings. The minimum atomic E-state index is -4.13. The number of hydrogen-bond acceptors (Lipinski definition) is 1. The van der Waals surface area contributed by atoms with Crippen LogP contribution in [-0.4, -0.2) is 36.1 Å². The van der Waals surface area contributed by atoms with Crippen molar-refractivity contribution in [2.75, 3.05) is 19.0 Å². The molecule has 5 heteroatoms. The Kier molecular flexibility index (Phi) is 5.72. The first-order chi connectivity index (χ1) is 5.90. The average Bonchev–Trinajstić information content (AvgIpc) is 2.00. The summed E-state index contributed by atoms with van der Waals surface area (Å²) in [4.78, 5) is 1.35. The Labute approximate surface area is 81.9 Å². The third-order valence-electron chi connectivity index (χ3n) is 1.97. The molecule has 0 aliphatic heterocycles. The van der Waals surface area contributed by atoms with Crippen LogP contribution in [0.5, 0.6) is 0 Å². The summed E-state index contributed by atoms with van der Waals surface area (Å²) in [6.45, 7) is 3.06. The topological polar surface area (TPSA) is 3.24 Å². The van der Waals surface area contributed by atoms with E-state index < -0.39 is 12.7 Å². The standard InChI is InChI=1S/C8H15ClF3N/c1-3-7(2)13(5-4-9)6-8(10,11)12/h7H,3-6H2,1-2H3. The van der Waals surface area contributed by atoms with E-state index in [2.05, 4.69) is 0 Å². The maximum absolute atomic E-state index is 12.0. The fraction of sp³-hybridized carbons (Fsp3) is 1.00. The van der Waals surface area contributed by atoms with Gasteiger partial charge in [0.05, 0.1) is 6.54 Å². The molecule has 0 aromatic carbocycles. The van der Waals surface area contributed by atoms with Gasteiger partial charge in [-0.15, -0.1) is 11.6 Å². The van der Waals surface area contributed by atoms with Gasteiger partial charge in [-0.25, -0.2) is 0 Å². The van der Waals surface area contributed by atoms with Crippen LogP contribution in [0.2, 0.25) is 0 Å². The van der Waals surface area contributed by atoms with Crippen molar-refractivity contribution in [1.82, 2.24) is 4.90 Å². The average molecular weight is 218 g/mol. The summed E-state index contributed by atoms with van der Waals surface area (Å²) in [6, 6.07) is -0.0691. The van der Waals surface area contributed by atoms with E-state index in [1.165, 1.54) is 4.90 Å². The van der Waals surface area contributed by atoms with E-state index in [0.717, 1.165) is 0 Å². The Morgan fingerprint density at radius 3 is 2.23 bits per heavy atom. The number of halogens is 4. The summed E-state index contributed by atoms with van der Waals surface area (Å²) in [5, 5.41) is 0. The molecule has 1 nitrogen and oxygen atoms in total. The molecule has 0 aromatic heterocycles. The first-order valence-corrected chi connectivity index (χ1v) is 4.81. The fourth-order valence-corrected chi connectivity index (χ4v) is 1.27. The van der Waals surface area contributed by atoms with E-state index in [1.54, 1.807) is 6.92 Å². The Bertz CT molecular complexity index is 138. The zero-order chi connectivity index (χ0) is 10.5. The first kappa shape index (κ1) is 13.0. The summed E-state index contributed by atoms with van der Waals surface area (Å²) >= 11 is 5.42. The fourth-order valence-electron chi connectivity index (χ4n) is 1.05. The normalized spacial score (nSPS) is 15.0. The Morgan fingerprint density at radius 2 is 1.92 bits per heavy atom. The molecular weight excluding hydrogens is 203 g/mol. The van der Waals surface area contributed by atoms with Crippen molar-refractivity contribution < 1.29 is 13.2 Å². The monoisotopic (exact) mass is 217 g/mol. The molecule has 0 fully saturated rings. The van der Waals surface area contributed by atoms with E-state index in [4.69, 9.17) is 11.6 Å². The molecule has 0 saturated heterocycles. The third-order valence-corrected chi connectivity index (χ3v) is 2.14. The molecule has 0 aliphatic carbocycles. The van der Waals surface area contributed by atoms with Crippen LogP contribution in [0.4, 0.5) is 13.2 Å². The highest BCUT2D eigenvalue weighted by atomic mass is 35.5. The largest absolute Gasteiger partial charge is 0.401 e. The summed E-state index contributed by atoms with van der Waals surface area (Å²) in [7, 11) is 0. The van der Waals surface area contributed by atoms with Gasteiger partial charge in [0.25, 0.3) is 0 Å². The van der Waals surface area contributed by atoms with Crippen LogP contribution in [0.1, 0.15) is 20.3 Å². The summed E-state index contributed by atoms with van der Waals surface area (Å²) in [6.07, 6.45) is -3.43. The lowest BCUT2D eigenvalue weighted by Crippen LogP contribution is -2.41. The maximum atomic E-state index is 12.0. The molecule has 0 spiro atoms. The minimum Gasteiger partial charge on any atom is -0.291 e.